The molecule has 2 aromatic carbocycles. The highest BCUT2D eigenvalue weighted by molar-refractivity contribution is 9.10. The van der Waals surface area contributed by atoms with Crippen molar-refractivity contribution in [2.75, 3.05) is 5.32 Å². The molecule has 0 radical (unpaired) electrons. The van der Waals surface area contributed by atoms with E-state index < -0.39 is 0 Å². The van der Waals surface area contributed by atoms with E-state index in [9.17, 15) is 4.79 Å². The number of rotatable bonds is 7. The molecule has 0 aliphatic rings. The number of nitrogens with zero attached hydrogens (tertiary/aromatic N) is 4. The summed E-state index contributed by atoms with van der Waals surface area (Å²) in [5.41, 5.74) is 3.66. The van der Waals surface area contributed by atoms with Crippen molar-refractivity contribution in [2.45, 2.75) is 27.1 Å². The zero-order valence-corrected chi connectivity index (χ0v) is 19.9. The molecule has 1 N–H and O–H groups in total. The second-order valence-electron chi connectivity index (χ2n) is 7.25. The number of aromatic nitrogens is 4. The number of hydrogen-bond acceptors (Lipinski definition) is 4. The van der Waals surface area contributed by atoms with Crippen molar-refractivity contribution in [3.63, 3.8) is 0 Å². The lowest BCUT2D eigenvalue weighted by molar-refractivity contribution is 0.102. The fourth-order valence-corrected chi connectivity index (χ4v) is 3.59. The number of ether oxygens (including phenoxy) is 1. The number of aryl methyl sites for hydroxylation is 1. The maximum Gasteiger partial charge on any atom is 0.276 e. The zero-order valence-electron chi connectivity index (χ0n) is 17.5. The van der Waals surface area contributed by atoms with Crippen LogP contribution in [-0.4, -0.2) is 25.5 Å². The molecule has 1 amide bonds. The molecule has 4 aromatic rings. The average Bonchev–Trinajstić information content (AvgIpc) is 3.35. The van der Waals surface area contributed by atoms with Gasteiger partial charge in [0.25, 0.3) is 5.91 Å². The quantitative estimate of drug-likeness (QED) is 0.356. The largest absolute Gasteiger partial charge is 0.471 e. The smallest absolute Gasteiger partial charge is 0.276 e. The van der Waals surface area contributed by atoms with Crippen molar-refractivity contribution < 1.29 is 9.53 Å². The van der Waals surface area contributed by atoms with Crippen LogP contribution in [0.2, 0.25) is 5.02 Å². The normalized spacial score (nSPS) is 10.9. The highest BCUT2D eigenvalue weighted by Gasteiger charge is 2.17. The molecular weight excluding hydrogens is 494 g/mol. The van der Waals surface area contributed by atoms with E-state index in [4.69, 9.17) is 16.3 Å². The third kappa shape index (κ3) is 5.20. The summed E-state index contributed by atoms with van der Waals surface area (Å²) in [5.74, 6) is 0.415. The van der Waals surface area contributed by atoms with Crippen molar-refractivity contribution >= 4 is 39.1 Å². The molecule has 0 saturated heterocycles. The molecule has 2 aromatic heterocycles. The molecule has 0 spiro atoms. The van der Waals surface area contributed by atoms with Crippen LogP contribution < -0.4 is 10.1 Å². The standard InChI is InChI=1S/C23H21BrClN5O2/c1-15-22(16(2)30(27-15)13-17-3-7-19(25)8-4-17)26-23(31)21-11-12-29(28-21)14-32-20-9-5-18(24)6-10-20/h3-12H,13-14H2,1-2H3,(H,26,31). The first-order valence-electron chi connectivity index (χ1n) is 9.90. The molecule has 0 aliphatic carbocycles. The Labute approximate surface area is 199 Å². The molecule has 9 heteroatoms. The molecular formula is C23H21BrClN5O2. The van der Waals surface area contributed by atoms with Gasteiger partial charge in [0.05, 0.1) is 23.6 Å². The minimum Gasteiger partial charge on any atom is -0.471 e. The molecule has 0 fully saturated rings. The summed E-state index contributed by atoms with van der Waals surface area (Å²) < 4.78 is 10.1. The molecule has 164 valence electrons. The topological polar surface area (TPSA) is 74.0 Å². The summed E-state index contributed by atoms with van der Waals surface area (Å²) in [5, 5.41) is 12.5. The van der Waals surface area contributed by atoms with E-state index in [1.54, 1.807) is 16.9 Å². The van der Waals surface area contributed by atoms with E-state index in [-0.39, 0.29) is 12.6 Å². The van der Waals surface area contributed by atoms with Crippen LogP contribution in [0.15, 0.2) is 65.3 Å². The number of amides is 1. The van der Waals surface area contributed by atoms with Crippen LogP contribution in [0, 0.1) is 13.8 Å². The second-order valence-corrected chi connectivity index (χ2v) is 8.60. The summed E-state index contributed by atoms with van der Waals surface area (Å²) in [6.45, 7) is 4.58. The van der Waals surface area contributed by atoms with Crippen molar-refractivity contribution in [3.8, 4) is 5.75 Å². The van der Waals surface area contributed by atoms with Crippen molar-refractivity contribution in [1.82, 2.24) is 19.6 Å². The predicted molar refractivity (Wildman–Crippen MR) is 127 cm³/mol. The molecule has 2 heterocycles. The van der Waals surface area contributed by atoms with Crippen LogP contribution in [0.3, 0.4) is 0 Å². The average molecular weight is 515 g/mol. The Hall–Kier alpha value is -3.10. The SMILES string of the molecule is Cc1nn(Cc2ccc(Cl)cc2)c(C)c1NC(=O)c1ccn(COc2ccc(Br)cc2)n1. The third-order valence-electron chi connectivity index (χ3n) is 4.92. The molecule has 32 heavy (non-hydrogen) atoms. The van der Waals surface area contributed by atoms with Crippen molar-refractivity contribution in [2.24, 2.45) is 0 Å². The first-order chi connectivity index (χ1) is 15.4. The van der Waals surface area contributed by atoms with Gasteiger partial charge in [-0.2, -0.15) is 10.2 Å². The van der Waals surface area contributed by atoms with E-state index in [0.29, 0.717) is 28.7 Å². The summed E-state index contributed by atoms with van der Waals surface area (Å²) in [7, 11) is 0. The van der Waals surface area contributed by atoms with E-state index in [1.165, 1.54) is 0 Å². The van der Waals surface area contributed by atoms with E-state index >= 15 is 0 Å². The van der Waals surface area contributed by atoms with Gasteiger partial charge >= 0.3 is 0 Å². The fraction of sp³-hybridized carbons (Fsp3) is 0.174. The Balaban J connectivity index is 1.41. The van der Waals surface area contributed by atoms with Crippen LogP contribution in [0.25, 0.3) is 0 Å². The van der Waals surface area contributed by atoms with Crippen LogP contribution in [0.1, 0.15) is 27.4 Å². The van der Waals surface area contributed by atoms with Crippen LogP contribution in [0.5, 0.6) is 5.75 Å². The molecule has 0 saturated carbocycles. The van der Waals surface area contributed by atoms with Gasteiger partial charge in [-0.15, -0.1) is 0 Å². The summed E-state index contributed by atoms with van der Waals surface area (Å²) >= 11 is 9.35. The molecule has 0 unspecified atom stereocenters. The lowest BCUT2D eigenvalue weighted by Gasteiger charge is -2.07. The number of halogens is 2. The number of carbonyl (C=O) groups is 1. The number of anilines is 1. The number of nitrogens with one attached hydrogen (secondary N) is 1. The van der Waals surface area contributed by atoms with Crippen LogP contribution in [-0.2, 0) is 13.3 Å². The van der Waals surface area contributed by atoms with Crippen LogP contribution in [0.4, 0.5) is 5.69 Å². The first-order valence-corrected chi connectivity index (χ1v) is 11.1. The molecule has 0 atom stereocenters. The maximum absolute atomic E-state index is 12.8. The summed E-state index contributed by atoms with van der Waals surface area (Å²) in [4.78, 5) is 12.8. The van der Waals surface area contributed by atoms with Gasteiger partial charge in [-0.25, -0.2) is 4.68 Å². The Morgan fingerprint density at radius 2 is 1.78 bits per heavy atom. The lowest BCUT2D eigenvalue weighted by atomic mass is 10.2. The van der Waals surface area contributed by atoms with Gasteiger partial charge in [-0.05, 0) is 61.9 Å². The fourth-order valence-electron chi connectivity index (χ4n) is 3.20. The maximum atomic E-state index is 12.8. The van der Waals surface area contributed by atoms with Gasteiger partial charge in [0.15, 0.2) is 12.4 Å². The van der Waals surface area contributed by atoms with E-state index in [1.807, 2.05) is 67.1 Å². The molecule has 0 aliphatic heterocycles. The van der Waals surface area contributed by atoms with E-state index in [0.717, 1.165) is 21.4 Å². The van der Waals surface area contributed by atoms with Crippen molar-refractivity contribution in [3.05, 3.63) is 92.9 Å². The van der Waals surface area contributed by atoms with Crippen molar-refractivity contribution in [1.29, 1.82) is 0 Å². The van der Waals surface area contributed by atoms with E-state index in [2.05, 4.69) is 31.4 Å². The summed E-state index contributed by atoms with van der Waals surface area (Å²) in [6.07, 6.45) is 1.71. The molecule has 7 nitrogen and oxygen atoms in total. The van der Waals surface area contributed by atoms with Crippen LogP contribution >= 0.6 is 27.5 Å². The monoisotopic (exact) mass is 513 g/mol. The first kappa shape index (κ1) is 22.1. The van der Waals surface area contributed by atoms with Gasteiger partial charge in [-0.3, -0.25) is 9.48 Å². The van der Waals surface area contributed by atoms with Gasteiger partial charge in [-0.1, -0.05) is 39.7 Å². The Kier molecular flexibility index (Phi) is 6.62. The second kappa shape index (κ2) is 9.58. The number of carbonyl (C=O) groups excluding carboxylic acids is 1. The minimum absolute atomic E-state index is 0.200. The summed E-state index contributed by atoms with van der Waals surface area (Å²) in [6, 6.07) is 16.8. The Morgan fingerprint density at radius 3 is 2.50 bits per heavy atom. The predicted octanol–water partition coefficient (Wildman–Crippen LogP) is 5.45. The zero-order chi connectivity index (χ0) is 22.7. The number of benzene rings is 2. The minimum atomic E-state index is -0.301. The third-order valence-corrected chi connectivity index (χ3v) is 5.70. The van der Waals surface area contributed by atoms with Gasteiger partial charge < -0.3 is 10.1 Å². The Morgan fingerprint density at radius 1 is 1.06 bits per heavy atom. The highest BCUT2D eigenvalue weighted by Crippen LogP contribution is 2.22. The number of hydrogen-bond donors (Lipinski definition) is 1. The van der Waals surface area contributed by atoms with Gasteiger partial charge in [0.2, 0.25) is 0 Å². The van der Waals surface area contributed by atoms with Gasteiger partial charge in [0, 0.05) is 15.7 Å². The lowest BCUT2D eigenvalue weighted by Crippen LogP contribution is -2.15. The highest BCUT2D eigenvalue weighted by atomic mass is 79.9. The molecule has 4 rings (SSSR count). The molecule has 0 bridgehead atoms. The Bertz CT molecular complexity index is 1230. The van der Waals surface area contributed by atoms with Gasteiger partial charge in [0.1, 0.15) is 5.75 Å².